The average Bonchev–Trinajstić information content (AvgIpc) is 2.79. The molecule has 1 fully saturated rings. The molecular weight excluding hydrogens is 214 g/mol. The highest BCUT2D eigenvalue weighted by molar-refractivity contribution is 7.15. The maximum Gasteiger partial charge on any atom is 0.410 e. The summed E-state index contributed by atoms with van der Waals surface area (Å²) in [4.78, 5) is 18.1. The van der Waals surface area contributed by atoms with Gasteiger partial charge >= 0.3 is 6.09 Å². The van der Waals surface area contributed by atoms with Crippen LogP contribution in [-0.2, 0) is 11.3 Å². The molecule has 2 rings (SSSR count). The molecule has 1 aromatic heterocycles. The van der Waals surface area contributed by atoms with Gasteiger partial charge in [-0.1, -0.05) is 0 Å². The standard InChI is InChI=1S/C9H13N3O2S/c1-2-10-8-11-5-7(15-8)6-12-3-4-14-9(12)13/h5H,2-4,6H2,1H3,(H,10,11). The largest absolute Gasteiger partial charge is 0.448 e. The van der Waals surface area contributed by atoms with Gasteiger partial charge < -0.3 is 10.1 Å². The predicted molar refractivity (Wildman–Crippen MR) is 58.0 cm³/mol. The van der Waals surface area contributed by atoms with Crippen LogP contribution in [0.3, 0.4) is 0 Å². The van der Waals surface area contributed by atoms with Gasteiger partial charge in [0.1, 0.15) is 6.61 Å². The lowest BCUT2D eigenvalue weighted by molar-refractivity contribution is 0.157. The van der Waals surface area contributed by atoms with Crippen LogP contribution in [0.1, 0.15) is 11.8 Å². The lowest BCUT2D eigenvalue weighted by Gasteiger charge is -2.09. The second-order valence-electron chi connectivity index (χ2n) is 3.20. The molecular formula is C9H13N3O2S. The first-order valence-electron chi connectivity index (χ1n) is 4.90. The molecule has 0 bridgehead atoms. The molecule has 0 saturated carbocycles. The van der Waals surface area contributed by atoms with Crippen molar-refractivity contribution >= 4 is 22.6 Å². The number of hydrogen-bond donors (Lipinski definition) is 1. The number of hydrogen-bond acceptors (Lipinski definition) is 5. The summed E-state index contributed by atoms with van der Waals surface area (Å²) < 4.78 is 4.85. The summed E-state index contributed by atoms with van der Waals surface area (Å²) in [5, 5.41) is 4.04. The van der Waals surface area contributed by atoms with E-state index in [0.29, 0.717) is 19.7 Å². The van der Waals surface area contributed by atoms with Crippen LogP contribution in [0, 0.1) is 0 Å². The Labute approximate surface area is 92.1 Å². The van der Waals surface area contributed by atoms with E-state index >= 15 is 0 Å². The molecule has 82 valence electrons. The van der Waals surface area contributed by atoms with Crippen molar-refractivity contribution in [1.29, 1.82) is 0 Å². The van der Waals surface area contributed by atoms with Crippen LogP contribution in [0.4, 0.5) is 9.93 Å². The zero-order valence-corrected chi connectivity index (χ0v) is 9.34. The Morgan fingerprint density at radius 1 is 1.73 bits per heavy atom. The molecule has 1 saturated heterocycles. The third kappa shape index (κ3) is 2.38. The fourth-order valence-corrected chi connectivity index (χ4v) is 2.27. The van der Waals surface area contributed by atoms with Crippen LogP contribution < -0.4 is 5.32 Å². The van der Waals surface area contributed by atoms with Crippen LogP contribution in [0.15, 0.2) is 6.20 Å². The zero-order valence-electron chi connectivity index (χ0n) is 8.52. The normalized spacial score (nSPS) is 15.5. The van der Waals surface area contributed by atoms with Crippen molar-refractivity contribution in [3.63, 3.8) is 0 Å². The molecule has 2 heterocycles. The van der Waals surface area contributed by atoms with Gasteiger partial charge in [0.05, 0.1) is 13.1 Å². The van der Waals surface area contributed by atoms with Crippen molar-refractivity contribution in [3.05, 3.63) is 11.1 Å². The Kier molecular flexibility index (Phi) is 3.05. The summed E-state index contributed by atoms with van der Waals surface area (Å²) in [5.74, 6) is 0. The van der Waals surface area contributed by atoms with Crippen LogP contribution in [0.2, 0.25) is 0 Å². The third-order valence-electron chi connectivity index (χ3n) is 2.07. The van der Waals surface area contributed by atoms with Crippen molar-refractivity contribution in [2.24, 2.45) is 0 Å². The number of aromatic nitrogens is 1. The molecule has 5 nitrogen and oxygen atoms in total. The predicted octanol–water partition coefficient (Wildman–Crippen LogP) is 1.53. The molecule has 1 amide bonds. The number of carbonyl (C=O) groups is 1. The van der Waals surface area contributed by atoms with E-state index in [9.17, 15) is 4.79 Å². The van der Waals surface area contributed by atoms with E-state index in [1.165, 1.54) is 0 Å². The van der Waals surface area contributed by atoms with E-state index in [2.05, 4.69) is 10.3 Å². The Bertz CT molecular complexity index is 353. The summed E-state index contributed by atoms with van der Waals surface area (Å²) in [6, 6.07) is 0. The summed E-state index contributed by atoms with van der Waals surface area (Å²) in [6.07, 6.45) is 1.57. The highest BCUT2D eigenvalue weighted by Gasteiger charge is 2.22. The second-order valence-corrected chi connectivity index (χ2v) is 4.31. The number of nitrogens with one attached hydrogen (secondary N) is 1. The number of amides is 1. The molecule has 1 aromatic rings. The van der Waals surface area contributed by atoms with Gasteiger partial charge in [-0.2, -0.15) is 0 Å². The minimum atomic E-state index is -0.228. The minimum absolute atomic E-state index is 0.228. The van der Waals surface area contributed by atoms with Crippen LogP contribution in [0.5, 0.6) is 0 Å². The van der Waals surface area contributed by atoms with E-state index < -0.39 is 0 Å². The van der Waals surface area contributed by atoms with Crippen molar-refractivity contribution in [2.45, 2.75) is 13.5 Å². The van der Waals surface area contributed by atoms with Crippen molar-refractivity contribution in [2.75, 3.05) is 25.0 Å². The molecule has 0 aliphatic carbocycles. The van der Waals surface area contributed by atoms with Gasteiger partial charge in [0, 0.05) is 17.6 Å². The molecule has 0 radical (unpaired) electrons. The van der Waals surface area contributed by atoms with Gasteiger partial charge in [0.15, 0.2) is 5.13 Å². The number of cyclic esters (lactones) is 1. The SMILES string of the molecule is CCNc1ncc(CN2CCOC2=O)s1. The van der Waals surface area contributed by atoms with E-state index in [4.69, 9.17) is 4.74 Å². The summed E-state index contributed by atoms with van der Waals surface area (Å²) in [7, 11) is 0. The third-order valence-corrected chi connectivity index (χ3v) is 3.01. The smallest absolute Gasteiger partial charge is 0.410 e. The number of carbonyl (C=O) groups excluding carboxylic acids is 1. The topological polar surface area (TPSA) is 54.5 Å². The Hall–Kier alpha value is -1.30. The Morgan fingerprint density at radius 2 is 2.60 bits per heavy atom. The maximum atomic E-state index is 11.2. The lowest BCUT2D eigenvalue weighted by atomic mass is 10.5. The highest BCUT2D eigenvalue weighted by Crippen LogP contribution is 2.20. The van der Waals surface area contributed by atoms with E-state index in [1.807, 2.05) is 6.92 Å². The van der Waals surface area contributed by atoms with Gasteiger partial charge in [-0.25, -0.2) is 9.78 Å². The zero-order chi connectivity index (χ0) is 10.7. The second kappa shape index (κ2) is 4.48. The molecule has 1 aliphatic rings. The van der Waals surface area contributed by atoms with Crippen molar-refractivity contribution in [3.8, 4) is 0 Å². The molecule has 6 heteroatoms. The maximum absolute atomic E-state index is 11.2. The highest BCUT2D eigenvalue weighted by atomic mass is 32.1. The summed E-state index contributed by atoms with van der Waals surface area (Å²) in [5.41, 5.74) is 0. The lowest BCUT2D eigenvalue weighted by Crippen LogP contribution is -2.22. The number of anilines is 1. The first-order chi connectivity index (χ1) is 7.29. The van der Waals surface area contributed by atoms with Gasteiger partial charge in [-0.15, -0.1) is 11.3 Å². The number of nitrogens with zero attached hydrogens (tertiary/aromatic N) is 2. The summed E-state index contributed by atoms with van der Waals surface area (Å²) in [6.45, 7) is 4.66. The molecule has 1 aliphatic heterocycles. The quantitative estimate of drug-likeness (QED) is 0.847. The number of ether oxygens (including phenoxy) is 1. The van der Waals surface area contributed by atoms with Gasteiger partial charge in [-0.3, -0.25) is 4.90 Å². The van der Waals surface area contributed by atoms with Gasteiger partial charge in [0.2, 0.25) is 0 Å². The molecule has 1 N–H and O–H groups in total. The van der Waals surface area contributed by atoms with E-state index in [-0.39, 0.29) is 6.09 Å². The van der Waals surface area contributed by atoms with E-state index in [0.717, 1.165) is 16.6 Å². The Morgan fingerprint density at radius 3 is 3.27 bits per heavy atom. The summed E-state index contributed by atoms with van der Waals surface area (Å²) >= 11 is 1.57. The Balaban J connectivity index is 1.95. The minimum Gasteiger partial charge on any atom is -0.448 e. The van der Waals surface area contributed by atoms with Crippen LogP contribution in [0.25, 0.3) is 0 Å². The molecule has 0 atom stereocenters. The van der Waals surface area contributed by atoms with Crippen LogP contribution >= 0.6 is 11.3 Å². The first kappa shape index (κ1) is 10.2. The van der Waals surface area contributed by atoms with Crippen LogP contribution in [-0.4, -0.2) is 35.7 Å². The average molecular weight is 227 g/mol. The van der Waals surface area contributed by atoms with Gasteiger partial charge in [-0.05, 0) is 6.92 Å². The van der Waals surface area contributed by atoms with Crippen molar-refractivity contribution in [1.82, 2.24) is 9.88 Å². The molecule has 0 spiro atoms. The monoisotopic (exact) mass is 227 g/mol. The molecule has 0 aromatic carbocycles. The fourth-order valence-electron chi connectivity index (χ4n) is 1.37. The fraction of sp³-hybridized carbons (Fsp3) is 0.556. The van der Waals surface area contributed by atoms with E-state index in [1.54, 1.807) is 22.4 Å². The molecule has 0 unspecified atom stereocenters. The first-order valence-corrected chi connectivity index (χ1v) is 5.71. The number of rotatable bonds is 4. The number of thiazole rings is 1. The van der Waals surface area contributed by atoms with Gasteiger partial charge in [0.25, 0.3) is 0 Å². The molecule has 15 heavy (non-hydrogen) atoms. The van der Waals surface area contributed by atoms with Crippen molar-refractivity contribution < 1.29 is 9.53 Å².